The first-order valence-electron chi connectivity index (χ1n) is 6.03. The van der Waals surface area contributed by atoms with Crippen molar-refractivity contribution >= 4 is 0 Å². The van der Waals surface area contributed by atoms with E-state index in [1.54, 1.807) is 0 Å². The van der Waals surface area contributed by atoms with E-state index >= 15 is 0 Å². The maximum atomic E-state index is 5.67. The fraction of sp³-hybridized carbons (Fsp3) is 0.538. The van der Waals surface area contributed by atoms with Gasteiger partial charge in [-0.15, -0.1) is 0 Å². The summed E-state index contributed by atoms with van der Waals surface area (Å²) in [6.45, 7) is 4.25. The molecule has 0 saturated carbocycles. The van der Waals surface area contributed by atoms with Gasteiger partial charge in [-0.2, -0.15) is 0 Å². The molecule has 0 bridgehead atoms. The Labute approximate surface area is 96.8 Å². The third-order valence-electron chi connectivity index (χ3n) is 2.66. The third kappa shape index (κ3) is 2.89. The molecule has 1 N–H and O–H groups in total. The number of ether oxygens (including phenoxy) is 2. The van der Waals surface area contributed by atoms with Crippen LogP contribution in [0.2, 0.25) is 0 Å². The predicted octanol–water partition coefficient (Wildman–Crippen LogP) is 2.56. The molecule has 1 aliphatic heterocycles. The second-order valence-corrected chi connectivity index (χ2v) is 3.96. The van der Waals surface area contributed by atoms with Crippen molar-refractivity contribution < 1.29 is 9.47 Å². The fourth-order valence-electron chi connectivity index (χ4n) is 1.81. The number of nitrogens with one attached hydrogen (secondary N) is 1. The highest BCUT2D eigenvalue weighted by Crippen LogP contribution is 2.35. The monoisotopic (exact) mass is 221 g/mol. The molecule has 1 aliphatic rings. The van der Waals surface area contributed by atoms with Crippen LogP contribution < -0.4 is 14.8 Å². The van der Waals surface area contributed by atoms with Crippen molar-refractivity contribution in [3.8, 4) is 11.5 Å². The van der Waals surface area contributed by atoms with E-state index < -0.39 is 0 Å². The van der Waals surface area contributed by atoms with Crippen molar-refractivity contribution in [2.45, 2.75) is 32.5 Å². The number of hydrogen-bond acceptors (Lipinski definition) is 3. The van der Waals surface area contributed by atoms with E-state index in [1.165, 1.54) is 6.42 Å². The van der Waals surface area contributed by atoms with Crippen molar-refractivity contribution in [1.82, 2.24) is 5.32 Å². The smallest absolute Gasteiger partial charge is 0.241 e. The minimum Gasteiger partial charge on any atom is -0.451 e. The highest BCUT2D eigenvalue weighted by Gasteiger charge is 2.22. The second-order valence-electron chi connectivity index (χ2n) is 3.96. The Balaban J connectivity index is 1.67. The number of rotatable bonds is 6. The van der Waals surface area contributed by atoms with Gasteiger partial charge in [0.2, 0.25) is 6.29 Å². The Hall–Kier alpha value is -1.22. The van der Waals surface area contributed by atoms with Gasteiger partial charge >= 0.3 is 0 Å². The molecule has 1 heterocycles. The normalized spacial score (nSPS) is 14.3. The van der Waals surface area contributed by atoms with Crippen molar-refractivity contribution in [2.24, 2.45) is 0 Å². The molecule has 3 nitrogen and oxygen atoms in total. The molecule has 2 rings (SSSR count). The Morgan fingerprint density at radius 3 is 2.44 bits per heavy atom. The van der Waals surface area contributed by atoms with Gasteiger partial charge in [0, 0.05) is 6.42 Å². The summed E-state index contributed by atoms with van der Waals surface area (Å²) in [7, 11) is 0. The fourth-order valence-corrected chi connectivity index (χ4v) is 1.81. The van der Waals surface area contributed by atoms with E-state index in [4.69, 9.17) is 9.47 Å². The minimum absolute atomic E-state index is 0.0842. The first kappa shape index (κ1) is 11.3. The molecule has 0 aliphatic carbocycles. The highest BCUT2D eigenvalue weighted by molar-refractivity contribution is 5.41. The first-order valence-corrected chi connectivity index (χ1v) is 6.03. The molecule has 0 atom stereocenters. The molecule has 16 heavy (non-hydrogen) atoms. The lowest BCUT2D eigenvalue weighted by Crippen LogP contribution is -2.19. The van der Waals surface area contributed by atoms with E-state index in [1.807, 2.05) is 24.3 Å². The number of benzene rings is 1. The zero-order chi connectivity index (χ0) is 11.2. The summed E-state index contributed by atoms with van der Waals surface area (Å²) in [5, 5.41) is 3.31. The van der Waals surface area contributed by atoms with Gasteiger partial charge < -0.3 is 14.8 Å². The van der Waals surface area contributed by atoms with Gasteiger partial charge in [-0.3, -0.25) is 0 Å². The van der Waals surface area contributed by atoms with Crippen LogP contribution in [0.5, 0.6) is 11.5 Å². The van der Waals surface area contributed by atoms with Crippen LogP contribution in [0.1, 0.15) is 26.2 Å². The van der Waals surface area contributed by atoms with E-state index in [2.05, 4.69) is 12.2 Å². The van der Waals surface area contributed by atoms with Crippen molar-refractivity contribution in [3.63, 3.8) is 0 Å². The number of fused-ring (bicyclic) bond motifs is 1. The Bertz CT molecular complexity index is 302. The Morgan fingerprint density at radius 1 is 1.12 bits per heavy atom. The van der Waals surface area contributed by atoms with Crippen LogP contribution in [0.25, 0.3) is 0 Å². The summed E-state index contributed by atoms with van der Waals surface area (Å²) >= 11 is 0. The summed E-state index contributed by atoms with van der Waals surface area (Å²) in [6.07, 6.45) is 3.18. The Kier molecular flexibility index (Phi) is 4.05. The van der Waals surface area contributed by atoms with E-state index in [0.717, 1.165) is 37.4 Å². The van der Waals surface area contributed by atoms with Crippen LogP contribution >= 0.6 is 0 Å². The average Bonchev–Trinajstić information content (AvgIpc) is 2.71. The molecule has 0 unspecified atom stereocenters. The van der Waals surface area contributed by atoms with Crippen LogP contribution in [0.15, 0.2) is 24.3 Å². The molecule has 0 spiro atoms. The lowest BCUT2D eigenvalue weighted by molar-refractivity contribution is 0.0397. The van der Waals surface area contributed by atoms with Crippen LogP contribution in [0.3, 0.4) is 0 Å². The summed E-state index contributed by atoms with van der Waals surface area (Å²) in [6, 6.07) is 7.84. The lowest BCUT2D eigenvalue weighted by Gasteiger charge is -2.09. The van der Waals surface area contributed by atoms with Crippen LogP contribution in [0, 0.1) is 0 Å². The first-order chi connectivity index (χ1) is 7.90. The maximum absolute atomic E-state index is 5.67. The molecule has 0 amide bonds. The molecule has 0 aromatic heterocycles. The van der Waals surface area contributed by atoms with E-state index in [0.29, 0.717) is 0 Å². The molecule has 0 radical (unpaired) electrons. The molecule has 1 aromatic carbocycles. The van der Waals surface area contributed by atoms with Gasteiger partial charge in [-0.05, 0) is 38.1 Å². The lowest BCUT2D eigenvalue weighted by atomic mass is 10.2. The standard InChI is InChI=1S/C13H19NO2/c1-2-14-10-6-5-9-13-15-11-7-3-4-8-12(11)16-13/h3-4,7-8,13-14H,2,5-6,9-10H2,1H3. The Morgan fingerprint density at radius 2 is 1.81 bits per heavy atom. The molecule has 0 fully saturated rings. The molecule has 88 valence electrons. The number of unbranched alkanes of at least 4 members (excludes halogenated alkanes) is 1. The topological polar surface area (TPSA) is 30.5 Å². The molecular weight excluding hydrogens is 202 g/mol. The highest BCUT2D eigenvalue weighted by atomic mass is 16.7. The summed E-state index contributed by atoms with van der Waals surface area (Å²) in [4.78, 5) is 0. The van der Waals surface area contributed by atoms with Crippen LogP contribution in [0.4, 0.5) is 0 Å². The zero-order valence-corrected chi connectivity index (χ0v) is 9.74. The number of hydrogen-bond donors (Lipinski definition) is 1. The van der Waals surface area contributed by atoms with Crippen molar-refractivity contribution in [1.29, 1.82) is 0 Å². The van der Waals surface area contributed by atoms with Gasteiger partial charge in [0.05, 0.1) is 0 Å². The molecular formula is C13H19NO2. The maximum Gasteiger partial charge on any atom is 0.241 e. The average molecular weight is 221 g/mol. The predicted molar refractivity (Wildman–Crippen MR) is 63.9 cm³/mol. The molecule has 0 saturated heterocycles. The second kappa shape index (κ2) is 5.75. The summed E-state index contributed by atoms with van der Waals surface area (Å²) in [5.74, 6) is 1.75. The van der Waals surface area contributed by atoms with Gasteiger partial charge in [0.25, 0.3) is 0 Å². The summed E-state index contributed by atoms with van der Waals surface area (Å²) in [5.41, 5.74) is 0. The van der Waals surface area contributed by atoms with Gasteiger partial charge in [0.15, 0.2) is 11.5 Å². The molecule has 3 heteroatoms. The quantitative estimate of drug-likeness (QED) is 0.749. The van der Waals surface area contributed by atoms with Gasteiger partial charge in [0.1, 0.15) is 0 Å². The third-order valence-corrected chi connectivity index (χ3v) is 2.66. The largest absolute Gasteiger partial charge is 0.451 e. The zero-order valence-electron chi connectivity index (χ0n) is 9.74. The van der Waals surface area contributed by atoms with Gasteiger partial charge in [-0.1, -0.05) is 19.1 Å². The summed E-state index contributed by atoms with van der Waals surface area (Å²) < 4.78 is 11.3. The van der Waals surface area contributed by atoms with E-state index in [-0.39, 0.29) is 6.29 Å². The molecule has 1 aromatic rings. The van der Waals surface area contributed by atoms with Crippen LogP contribution in [-0.4, -0.2) is 19.4 Å². The van der Waals surface area contributed by atoms with Crippen molar-refractivity contribution in [2.75, 3.05) is 13.1 Å². The SMILES string of the molecule is CCNCCCCC1Oc2ccccc2O1. The van der Waals surface area contributed by atoms with Crippen molar-refractivity contribution in [3.05, 3.63) is 24.3 Å². The number of para-hydroxylation sites is 2. The minimum atomic E-state index is -0.0842. The van der Waals surface area contributed by atoms with Gasteiger partial charge in [-0.25, -0.2) is 0 Å². The van der Waals surface area contributed by atoms with E-state index in [9.17, 15) is 0 Å². The van der Waals surface area contributed by atoms with Crippen LogP contribution in [-0.2, 0) is 0 Å².